The number of hydrogen-bond donors (Lipinski definition) is 0. The van der Waals surface area contributed by atoms with E-state index in [0.717, 1.165) is 25.5 Å². The lowest BCUT2D eigenvalue weighted by atomic mass is 9.96. The highest BCUT2D eigenvalue weighted by atomic mass is 16.5. The van der Waals surface area contributed by atoms with E-state index in [1.54, 1.807) is 0 Å². The Bertz CT molecular complexity index is 233. The average Bonchev–Trinajstić information content (AvgIpc) is 2.15. The fourth-order valence-electron chi connectivity index (χ4n) is 1.63. The standard InChI is InChI=1S/C11H16O3/c1-9(4-3-7-12)8-10-5-2-6-11(13)14-10/h2,6-7,9-10H,3-5,8H2,1H3/t9-,10-/m0/s1. The Morgan fingerprint density at radius 3 is 3.14 bits per heavy atom. The van der Waals surface area contributed by atoms with Crippen LogP contribution < -0.4 is 0 Å². The minimum Gasteiger partial charge on any atom is -0.459 e. The number of esters is 1. The van der Waals surface area contributed by atoms with Crippen molar-refractivity contribution in [1.82, 2.24) is 0 Å². The predicted molar refractivity (Wildman–Crippen MR) is 52.7 cm³/mol. The summed E-state index contributed by atoms with van der Waals surface area (Å²) in [5.74, 6) is 0.188. The van der Waals surface area contributed by atoms with Crippen LogP contribution in [0, 0.1) is 5.92 Å². The van der Waals surface area contributed by atoms with Gasteiger partial charge in [-0.25, -0.2) is 4.79 Å². The average molecular weight is 196 g/mol. The van der Waals surface area contributed by atoms with Gasteiger partial charge in [0.2, 0.25) is 0 Å². The van der Waals surface area contributed by atoms with Crippen molar-refractivity contribution in [2.75, 3.05) is 0 Å². The summed E-state index contributed by atoms with van der Waals surface area (Å²) in [6.45, 7) is 2.08. The first-order valence-electron chi connectivity index (χ1n) is 5.03. The van der Waals surface area contributed by atoms with Gasteiger partial charge >= 0.3 is 5.97 Å². The highest BCUT2D eigenvalue weighted by molar-refractivity contribution is 5.82. The van der Waals surface area contributed by atoms with Crippen molar-refractivity contribution in [3.8, 4) is 0 Å². The summed E-state index contributed by atoms with van der Waals surface area (Å²) in [5, 5.41) is 0. The van der Waals surface area contributed by atoms with Gasteiger partial charge in [-0.3, -0.25) is 0 Å². The van der Waals surface area contributed by atoms with Crippen LogP contribution in [0.1, 0.15) is 32.6 Å². The number of aldehydes is 1. The molecule has 0 spiro atoms. The Hall–Kier alpha value is -1.12. The molecule has 0 aromatic heterocycles. The van der Waals surface area contributed by atoms with E-state index in [-0.39, 0.29) is 12.1 Å². The van der Waals surface area contributed by atoms with Crippen molar-refractivity contribution >= 4 is 12.3 Å². The first-order valence-corrected chi connectivity index (χ1v) is 5.03. The van der Waals surface area contributed by atoms with E-state index in [1.165, 1.54) is 6.08 Å². The highest BCUT2D eigenvalue weighted by Crippen LogP contribution is 2.19. The second-order valence-electron chi connectivity index (χ2n) is 3.78. The van der Waals surface area contributed by atoms with Crippen LogP contribution in [-0.4, -0.2) is 18.4 Å². The minimum absolute atomic E-state index is 0.00847. The molecule has 78 valence electrons. The van der Waals surface area contributed by atoms with Gasteiger partial charge in [0.25, 0.3) is 0 Å². The van der Waals surface area contributed by atoms with E-state index < -0.39 is 0 Å². The maximum atomic E-state index is 10.9. The maximum Gasteiger partial charge on any atom is 0.330 e. The molecule has 1 rings (SSSR count). The van der Waals surface area contributed by atoms with Crippen molar-refractivity contribution in [3.63, 3.8) is 0 Å². The SMILES string of the molecule is C[C@@H](CCC=O)C[C@@H]1CC=CC(=O)O1. The zero-order valence-electron chi connectivity index (χ0n) is 8.44. The number of rotatable bonds is 5. The third kappa shape index (κ3) is 3.73. The van der Waals surface area contributed by atoms with Gasteiger partial charge in [-0.05, 0) is 18.8 Å². The Morgan fingerprint density at radius 1 is 1.71 bits per heavy atom. The van der Waals surface area contributed by atoms with Gasteiger partial charge in [-0.15, -0.1) is 0 Å². The largest absolute Gasteiger partial charge is 0.459 e. The Balaban J connectivity index is 2.26. The van der Waals surface area contributed by atoms with Gasteiger partial charge in [0.05, 0.1) is 0 Å². The van der Waals surface area contributed by atoms with Crippen molar-refractivity contribution in [2.24, 2.45) is 5.92 Å². The van der Waals surface area contributed by atoms with Gasteiger partial charge in [-0.1, -0.05) is 13.0 Å². The van der Waals surface area contributed by atoms with E-state index >= 15 is 0 Å². The molecule has 3 heteroatoms. The number of ether oxygens (including phenoxy) is 1. The fraction of sp³-hybridized carbons (Fsp3) is 0.636. The Labute approximate surface area is 84.1 Å². The first-order chi connectivity index (χ1) is 6.72. The number of carbonyl (C=O) groups is 2. The smallest absolute Gasteiger partial charge is 0.330 e. The molecule has 1 heterocycles. The number of carbonyl (C=O) groups excluding carboxylic acids is 2. The normalized spacial score (nSPS) is 22.9. The van der Waals surface area contributed by atoms with E-state index in [2.05, 4.69) is 6.92 Å². The van der Waals surface area contributed by atoms with Gasteiger partial charge in [0, 0.05) is 18.9 Å². The molecule has 0 aromatic rings. The molecule has 2 atom stereocenters. The molecule has 0 aromatic carbocycles. The van der Waals surface area contributed by atoms with Crippen LogP contribution in [0.25, 0.3) is 0 Å². The van der Waals surface area contributed by atoms with Crippen LogP contribution in [0.15, 0.2) is 12.2 Å². The maximum absolute atomic E-state index is 10.9. The van der Waals surface area contributed by atoms with Crippen LogP contribution in [0.2, 0.25) is 0 Å². The quantitative estimate of drug-likeness (QED) is 0.498. The molecule has 1 aliphatic heterocycles. The van der Waals surface area contributed by atoms with E-state index in [1.807, 2.05) is 6.08 Å². The van der Waals surface area contributed by atoms with E-state index in [4.69, 9.17) is 4.74 Å². The van der Waals surface area contributed by atoms with Gasteiger partial charge in [0.15, 0.2) is 0 Å². The van der Waals surface area contributed by atoms with Gasteiger partial charge in [0.1, 0.15) is 12.4 Å². The van der Waals surface area contributed by atoms with Crippen LogP contribution >= 0.6 is 0 Å². The minimum atomic E-state index is -0.246. The second-order valence-corrected chi connectivity index (χ2v) is 3.78. The van der Waals surface area contributed by atoms with Crippen molar-refractivity contribution < 1.29 is 14.3 Å². The van der Waals surface area contributed by atoms with Gasteiger partial charge < -0.3 is 9.53 Å². The van der Waals surface area contributed by atoms with Crippen LogP contribution in [0.5, 0.6) is 0 Å². The lowest BCUT2D eigenvalue weighted by molar-refractivity contribution is -0.144. The molecule has 0 saturated heterocycles. The molecule has 0 N–H and O–H groups in total. The van der Waals surface area contributed by atoms with Crippen molar-refractivity contribution in [3.05, 3.63) is 12.2 Å². The zero-order chi connectivity index (χ0) is 10.4. The molecule has 0 aliphatic carbocycles. The molecule has 0 amide bonds. The van der Waals surface area contributed by atoms with Crippen LogP contribution in [0.3, 0.4) is 0 Å². The molecule has 1 aliphatic rings. The van der Waals surface area contributed by atoms with Crippen LogP contribution in [0.4, 0.5) is 0 Å². The summed E-state index contributed by atoms with van der Waals surface area (Å²) in [6, 6.07) is 0. The fourth-order valence-corrected chi connectivity index (χ4v) is 1.63. The van der Waals surface area contributed by atoms with Crippen molar-refractivity contribution in [2.45, 2.75) is 38.7 Å². The van der Waals surface area contributed by atoms with Gasteiger partial charge in [-0.2, -0.15) is 0 Å². The third-order valence-electron chi connectivity index (χ3n) is 2.38. The summed E-state index contributed by atoms with van der Waals surface area (Å²) < 4.78 is 5.12. The molecule has 14 heavy (non-hydrogen) atoms. The van der Waals surface area contributed by atoms with Crippen molar-refractivity contribution in [1.29, 1.82) is 0 Å². The second kappa shape index (κ2) is 5.58. The molecular formula is C11H16O3. The monoisotopic (exact) mass is 196 g/mol. The topological polar surface area (TPSA) is 43.4 Å². The highest BCUT2D eigenvalue weighted by Gasteiger charge is 2.18. The predicted octanol–water partition coefficient (Wildman–Crippen LogP) is 1.86. The molecule has 0 fully saturated rings. The number of cyclic esters (lactones) is 1. The Kier molecular flexibility index (Phi) is 4.36. The molecule has 0 unspecified atom stereocenters. The summed E-state index contributed by atoms with van der Waals surface area (Å²) in [4.78, 5) is 21.1. The third-order valence-corrected chi connectivity index (χ3v) is 2.38. The molecule has 0 radical (unpaired) electrons. The molecule has 0 bridgehead atoms. The summed E-state index contributed by atoms with van der Waals surface area (Å²) >= 11 is 0. The molecular weight excluding hydrogens is 180 g/mol. The lowest BCUT2D eigenvalue weighted by Crippen LogP contribution is -2.22. The molecule has 3 nitrogen and oxygen atoms in total. The summed E-state index contributed by atoms with van der Waals surface area (Å²) in [7, 11) is 0. The number of hydrogen-bond acceptors (Lipinski definition) is 3. The van der Waals surface area contributed by atoms with Crippen LogP contribution in [-0.2, 0) is 14.3 Å². The summed E-state index contributed by atoms with van der Waals surface area (Å²) in [6.07, 6.45) is 7.38. The molecule has 0 saturated carbocycles. The van der Waals surface area contributed by atoms with E-state index in [0.29, 0.717) is 12.3 Å². The summed E-state index contributed by atoms with van der Waals surface area (Å²) in [5.41, 5.74) is 0. The van der Waals surface area contributed by atoms with E-state index in [9.17, 15) is 9.59 Å². The lowest BCUT2D eigenvalue weighted by Gasteiger charge is -2.21. The first kappa shape index (κ1) is 11.0. The Morgan fingerprint density at radius 2 is 2.50 bits per heavy atom. The zero-order valence-corrected chi connectivity index (χ0v) is 8.44.